The zero-order chi connectivity index (χ0) is 22.7. The molecule has 0 fully saturated rings. The van der Waals surface area contributed by atoms with Gasteiger partial charge in [0.15, 0.2) is 21.1 Å². The van der Waals surface area contributed by atoms with Gasteiger partial charge in [-0.05, 0) is 42.2 Å². The van der Waals surface area contributed by atoms with E-state index >= 15 is 0 Å². The Kier molecular flexibility index (Phi) is 7.17. The molecule has 9 heteroatoms. The number of carbonyl (C=O) groups excluding carboxylic acids is 2. The maximum Gasteiger partial charge on any atom is 0.262 e. The van der Waals surface area contributed by atoms with Gasteiger partial charge in [-0.1, -0.05) is 73.0 Å². The monoisotopic (exact) mass is 485 g/mol. The fourth-order valence-corrected chi connectivity index (χ4v) is 6.32. The summed E-state index contributed by atoms with van der Waals surface area (Å²) in [5, 5.41) is 10.9. The van der Waals surface area contributed by atoms with Crippen molar-refractivity contribution in [2.45, 2.75) is 46.4 Å². The van der Waals surface area contributed by atoms with Crippen molar-refractivity contribution in [2.75, 3.05) is 11.9 Å². The molecule has 0 bridgehead atoms. The number of hydrogen-bond acceptors (Lipinski definition) is 8. The number of aromatic nitrogens is 2. The van der Waals surface area contributed by atoms with E-state index < -0.39 is 0 Å². The van der Waals surface area contributed by atoms with Gasteiger partial charge in [-0.2, -0.15) is 0 Å². The van der Waals surface area contributed by atoms with E-state index in [4.69, 9.17) is 4.74 Å². The first-order valence-electron chi connectivity index (χ1n) is 10.2. The Morgan fingerprint density at radius 3 is 2.62 bits per heavy atom. The molecule has 0 radical (unpaired) electrons. The zero-order valence-electron chi connectivity index (χ0n) is 18.0. The number of hydrogen-bond donors (Lipinski definition) is 1. The summed E-state index contributed by atoms with van der Waals surface area (Å²) in [5.41, 5.74) is 3.63. The number of Topliss-reactive ketones (excluding diaryl/α,β-unsaturated/α-hetero) is 1. The highest BCUT2D eigenvalue weighted by atomic mass is 32.2. The number of rotatable bonds is 8. The second-order valence-electron chi connectivity index (χ2n) is 7.69. The van der Waals surface area contributed by atoms with Crippen LogP contribution < -0.4 is 10.1 Å². The Balaban J connectivity index is 1.34. The first kappa shape index (κ1) is 22.8. The molecule has 0 saturated carbocycles. The van der Waals surface area contributed by atoms with Crippen molar-refractivity contribution >= 4 is 52.2 Å². The second kappa shape index (κ2) is 10.1. The van der Waals surface area contributed by atoms with Gasteiger partial charge in [0.05, 0.1) is 10.9 Å². The third-order valence-electron chi connectivity index (χ3n) is 4.94. The van der Waals surface area contributed by atoms with Crippen molar-refractivity contribution in [3.63, 3.8) is 0 Å². The summed E-state index contributed by atoms with van der Waals surface area (Å²) in [7, 11) is 0. The van der Waals surface area contributed by atoms with Crippen molar-refractivity contribution in [1.29, 1.82) is 0 Å². The van der Waals surface area contributed by atoms with Crippen LogP contribution in [0.3, 0.4) is 0 Å². The number of nitrogens with zero attached hydrogens (tertiary/aromatic N) is 2. The summed E-state index contributed by atoms with van der Waals surface area (Å²) >= 11 is 4.54. The van der Waals surface area contributed by atoms with Crippen LogP contribution in [0.5, 0.6) is 5.75 Å². The van der Waals surface area contributed by atoms with E-state index in [2.05, 4.69) is 53.6 Å². The maximum atomic E-state index is 12.9. The van der Waals surface area contributed by atoms with E-state index in [1.165, 1.54) is 34.2 Å². The molecule has 3 aromatic rings. The van der Waals surface area contributed by atoms with E-state index in [9.17, 15) is 9.59 Å². The summed E-state index contributed by atoms with van der Waals surface area (Å²) in [5.74, 6) is 1.67. The van der Waals surface area contributed by atoms with E-state index in [0.29, 0.717) is 22.9 Å². The minimum Gasteiger partial charge on any atom is -0.482 e. The molecule has 0 unspecified atom stereocenters. The topological polar surface area (TPSA) is 81.2 Å². The average molecular weight is 486 g/mol. The Bertz CT molecular complexity index is 1130. The Labute approximate surface area is 199 Å². The second-order valence-corrected chi connectivity index (χ2v) is 11.5. The maximum absolute atomic E-state index is 12.9. The van der Waals surface area contributed by atoms with Crippen LogP contribution >= 0.6 is 34.9 Å². The summed E-state index contributed by atoms with van der Waals surface area (Å²) < 4.78 is 7.00. The molecule has 1 aliphatic rings. The van der Waals surface area contributed by atoms with Crippen molar-refractivity contribution in [2.24, 2.45) is 0 Å². The minimum absolute atomic E-state index is 0.00675. The Morgan fingerprint density at radius 2 is 1.88 bits per heavy atom. The van der Waals surface area contributed by atoms with Gasteiger partial charge in [0.25, 0.3) is 5.91 Å². The third kappa shape index (κ3) is 5.51. The molecule has 166 valence electrons. The average Bonchev–Trinajstić information content (AvgIpc) is 3.24. The lowest BCUT2D eigenvalue weighted by Crippen LogP contribution is -2.25. The molecule has 4 rings (SSSR count). The molecule has 0 aliphatic carbocycles. The highest BCUT2D eigenvalue weighted by Crippen LogP contribution is 2.35. The molecule has 6 nitrogen and oxygen atoms in total. The predicted octanol–water partition coefficient (Wildman–Crippen LogP) is 5.65. The van der Waals surface area contributed by atoms with Crippen LogP contribution in [0.15, 0.2) is 51.1 Å². The van der Waals surface area contributed by atoms with Gasteiger partial charge < -0.3 is 10.1 Å². The predicted molar refractivity (Wildman–Crippen MR) is 130 cm³/mol. The molecule has 0 saturated heterocycles. The molecule has 2 heterocycles. The lowest BCUT2D eigenvalue weighted by molar-refractivity contribution is -0.118. The standard InChI is InChI=1S/C23H23N3O3S3/c1-13(2)16-6-4-15(5-7-16)12-30-22-25-26-23(32-22)31-14(3)21(28)17-8-9-19-18(10-17)24-20(27)11-29-19/h4-10,13-14H,11-12H2,1-3H3,(H,24,27)/t14-/m0/s1. The third-order valence-corrected chi connectivity index (χ3v) is 8.25. The number of amides is 1. The highest BCUT2D eigenvalue weighted by molar-refractivity contribution is 8.03. The van der Waals surface area contributed by atoms with Crippen molar-refractivity contribution in [1.82, 2.24) is 10.2 Å². The number of ketones is 1. The zero-order valence-corrected chi connectivity index (χ0v) is 20.4. The molecular weight excluding hydrogens is 462 g/mol. The van der Waals surface area contributed by atoms with Crippen LogP contribution in [0.1, 0.15) is 48.2 Å². The fourth-order valence-electron chi connectivity index (χ4n) is 3.12. The first-order chi connectivity index (χ1) is 15.4. The molecule has 1 aromatic heterocycles. The van der Waals surface area contributed by atoms with Crippen LogP contribution in [0.4, 0.5) is 5.69 Å². The Morgan fingerprint density at radius 1 is 1.12 bits per heavy atom. The van der Waals surface area contributed by atoms with Crippen LogP contribution in [0.25, 0.3) is 0 Å². The van der Waals surface area contributed by atoms with E-state index in [1.807, 2.05) is 6.92 Å². The molecule has 1 atom stereocenters. The van der Waals surface area contributed by atoms with E-state index in [1.54, 1.807) is 30.0 Å². The fraction of sp³-hybridized carbons (Fsp3) is 0.304. The van der Waals surface area contributed by atoms with Crippen molar-refractivity contribution in [3.05, 3.63) is 59.2 Å². The lowest BCUT2D eigenvalue weighted by atomic mass is 10.0. The number of carbonyl (C=O) groups is 2. The van der Waals surface area contributed by atoms with Gasteiger partial charge in [0, 0.05) is 11.3 Å². The van der Waals surface area contributed by atoms with Gasteiger partial charge in [-0.3, -0.25) is 9.59 Å². The molecule has 2 aromatic carbocycles. The normalized spacial score (nSPS) is 13.9. The van der Waals surface area contributed by atoms with Crippen LogP contribution in [0, 0.1) is 0 Å². The number of nitrogens with one attached hydrogen (secondary N) is 1. The van der Waals surface area contributed by atoms with E-state index in [-0.39, 0.29) is 23.5 Å². The highest BCUT2D eigenvalue weighted by Gasteiger charge is 2.22. The number of anilines is 1. The SMILES string of the molecule is CC(C)c1ccc(CSc2nnc(S[C@@H](C)C(=O)c3ccc4c(c3)NC(=O)CO4)s2)cc1. The number of thioether (sulfide) groups is 2. The number of ether oxygens (including phenoxy) is 1. The van der Waals surface area contributed by atoms with Gasteiger partial charge in [-0.15, -0.1) is 10.2 Å². The lowest BCUT2D eigenvalue weighted by Gasteiger charge is -2.18. The van der Waals surface area contributed by atoms with Gasteiger partial charge in [0.1, 0.15) is 5.75 Å². The first-order valence-corrected chi connectivity index (χ1v) is 12.9. The van der Waals surface area contributed by atoms with Crippen LogP contribution in [-0.4, -0.2) is 33.7 Å². The summed E-state index contributed by atoms with van der Waals surface area (Å²) in [6, 6.07) is 13.8. The van der Waals surface area contributed by atoms with Crippen LogP contribution in [-0.2, 0) is 10.5 Å². The smallest absolute Gasteiger partial charge is 0.262 e. The van der Waals surface area contributed by atoms with Crippen molar-refractivity contribution in [3.8, 4) is 5.75 Å². The summed E-state index contributed by atoms with van der Waals surface area (Å²) in [4.78, 5) is 24.4. The largest absolute Gasteiger partial charge is 0.482 e. The summed E-state index contributed by atoms with van der Waals surface area (Å²) in [6.45, 7) is 6.22. The van der Waals surface area contributed by atoms with E-state index in [0.717, 1.165) is 14.4 Å². The van der Waals surface area contributed by atoms with Gasteiger partial charge in [-0.25, -0.2) is 0 Å². The Hall–Kier alpha value is -2.36. The molecule has 1 aliphatic heterocycles. The molecule has 32 heavy (non-hydrogen) atoms. The number of fused-ring (bicyclic) bond motifs is 1. The van der Waals surface area contributed by atoms with Crippen LogP contribution in [0.2, 0.25) is 0 Å². The molecule has 1 N–H and O–H groups in total. The van der Waals surface area contributed by atoms with Crippen molar-refractivity contribution < 1.29 is 14.3 Å². The minimum atomic E-state index is -0.331. The summed E-state index contributed by atoms with van der Waals surface area (Å²) in [6.07, 6.45) is 0. The number of benzene rings is 2. The molecular formula is C23H23N3O3S3. The van der Waals surface area contributed by atoms with Gasteiger partial charge >= 0.3 is 0 Å². The molecule has 0 spiro atoms. The molecule has 1 amide bonds. The quantitative estimate of drug-likeness (QED) is 0.326. The van der Waals surface area contributed by atoms with Gasteiger partial charge in [0.2, 0.25) is 0 Å².